The molecule has 8 heterocycles. The molecule has 3 aromatic carbocycles. The molecule has 3 N–H and O–H groups in total. The van der Waals surface area contributed by atoms with Crippen LogP contribution in [0.4, 0.5) is 5.69 Å². The molecule has 105 heavy (non-hydrogen) atoms. The van der Waals surface area contributed by atoms with Crippen molar-refractivity contribution in [2.24, 2.45) is 0 Å². The summed E-state index contributed by atoms with van der Waals surface area (Å²) in [5.41, 5.74) is 0.0596. The van der Waals surface area contributed by atoms with Gasteiger partial charge in [-0.2, -0.15) is 8.61 Å². The standard InChI is InChI=1S/C38H39N7O10S2.C32H36N6O8S2/c1-37(2,3)55-35(48)29(41-34(47)32-38(4,5)56-23-43(32)57(52,53)28-8-6-18-39-21-28)20-24-10-12-25(13-11-24)44-33-30(9-7-19-40-33)42(36(44)49)22-31(46)54-27-16-14-26(15-17-27)45(50)51;1-31(2,3)46-29(42)23(35-28(41)26-32(4,5)47-19-37(26)48(44,45)22-8-6-14-33-17-22)16-20-10-12-21(13-11-20)38-27-24(9-7-15-34-27)36(30(38)43)18-25(39)40/h6-19,21,29,32H,20,22-23H2,1-5H3,(H,41,47);6-15,17,23,26H,16,18-19H2,1-5H3,(H,35,41)(H,39,40)/t29-,32?;23-,26+/m00/s1. The van der Waals surface area contributed by atoms with E-state index in [0.717, 1.165) is 13.2 Å². The highest BCUT2D eigenvalue weighted by atomic mass is 32.2. The Morgan fingerprint density at radius 2 is 0.981 bits per heavy atom. The zero-order valence-electron chi connectivity index (χ0n) is 58.5. The molecule has 2 amide bonds. The maximum Gasteiger partial charge on any atom is 0.335 e. The fraction of sp³-hybridized carbons (Fsp3) is 0.343. The van der Waals surface area contributed by atoms with Gasteiger partial charge in [0.15, 0.2) is 11.3 Å². The molecular formula is C70H75N13O18S4. The number of nitrogens with zero attached hydrogens (tertiary/aromatic N) is 11. The number of nitro benzene ring substituents is 1. The molecule has 31 nitrogen and oxygen atoms in total. The Labute approximate surface area is 610 Å². The van der Waals surface area contributed by atoms with Gasteiger partial charge in [0, 0.05) is 71.6 Å². The summed E-state index contributed by atoms with van der Waals surface area (Å²) in [5.74, 6) is -4.65. The van der Waals surface area contributed by atoms with Crippen molar-refractivity contribution in [2.45, 2.75) is 150 Å². The number of thioether (sulfide) groups is 2. The number of benzene rings is 3. The van der Waals surface area contributed by atoms with Crippen LogP contribution < -0.4 is 26.7 Å². The Hall–Kier alpha value is -10.5. The van der Waals surface area contributed by atoms with Crippen molar-refractivity contribution >= 4 is 107 Å². The van der Waals surface area contributed by atoms with E-state index in [1.807, 2.05) is 0 Å². The van der Waals surface area contributed by atoms with Crippen molar-refractivity contribution in [1.29, 1.82) is 0 Å². The molecule has 0 aliphatic carbocycles. The lowest BCUT2D eigenvalue weighted by atomic mass is 10.0. The lowest BCUT2D eigenvalue weighted by Gasteiger charge is -2.32. The fourth-order valence-electron chi connectivity index (χ4n) is 11.7. The SMILES string of the molecule is CC(C)(C)OC(=O)[C@H](Cc1ccc(-n2c(=O)n(CC(=O)O)c3cccnc32)cc1)NC(=O)[C@H]1N(S(=O)(=O)c2cccnc2)CSC1(C)C.CC(C)(C)OC(=O)[C@H](Cc1ccc(-n2c(=O)n(CC(=O)Oc3ccc([N+](=O)[O-])cc3)c3cccnc32)cc1)NC(=O)C1N(S(=O)(=O)c2cccnc2)CSC1(C)C. The number of ether oxygens (including phenoxy) is 3. The third kappa shape index (κ3) is 17.5. The van der Waals surface area contributed by atoms with Crippen LogP contribution in [0.1, 0.15) is 80.4 Å². The number of aromatic nitrogens is 8. The van der Waals surface area contributed by atoms with Crippen LogP contribution in [0.2, 0.25) is 0 Å². The zero-order valence-corrected chi connectivity index (χ0v) is 61.8. The smallest absolute Gasteiger partial charge is 0.335 e. The molecule has 2 saturated heterocycles. The molecule has 2 fully saturated rings. The molecule has 552 valence electrons. The number of hydrogen-bond donors (Lipinski definition) is 3. The van der Waals surface area contributed by atoms with Gasteiger partial charge in [0.1, 0.15) is 64.0 Å². The Kier molecular flexibility index (Phi) is 22.6. The minimum absolute atomic E-state index is 0.00643. The maximum absolute atomic E-state index is 14.1. The van der Waals surface area contributed by atoms with E-state index in [1.54, 1.807) is 142 Å². The van der Waals surface area contributed by atoms with Crippen LogP contribution in [-0.2, 0) is 84.2 Å². The zero-order chi connectivity index (χ0) is 76.3. The molecule has 11 rings (SSSR count). The predicted molar refractivity (Wildman–Crippen MR) is 387 cm³/mol. The molecule has 0 radical (unpaired) electrons. The van der Waals surface area contributed by atoms with Crippen LogP contribution in [0.15, 0.2) is 178 Å². The number of nitro groups is 1. The first-order chi connectivity index (χ1) is 49.3. The second-order valence-corrected chi connectivity index (χ2v) is 34.3. The molecule has 0 spiro atoms. The Morgan fingerprint density at radius 3 is 1.34 bits per heavy atom. The summed E-state index contributed by atoms with van der Waals surface area (Å²) in [6, 6.07) is 25.6. The van der Waals surface area contributed by atoms with Crippen molar-refractivity contribution in [3.05, 3.63) is 201 Å². The van der Waals surface area contributed by atoms with Gasteiger partial charge in [0.2, 0.25) is 31.9 Å². The summed E-state index contributed by atoms with van der Waals surface area (Å²) in [5, 5.41) is 25.9. The van der Waals surface area contributed by atoms with E-state index in [-0.39, 0.29) is 57.1 Å². The predicted octanol–water partition coefficient (Wildman–Crippen LogP) is 6.59. The minimum atomic E-state index is -4.13. The van der Waals surface area contributed by atoms with Gasteiger partial charge in [0.25, 0.3) is 5.69 Å². The fourth-order valence-corrected chi connectivity index (χ4v) is 18.0. The Bertz CT molecular complexity index is 5160. The highest BCUT2D eigenvalue weighted by molar-refractivity contribution is 8.02. The van der Waals surface area contributed by atoms with Crippen LogP contribution in [0, 0.1) is 10.1 Å². The molecule has 1 unspecified atom stereocenters. The number of aliphatic carboxylic acids is 1. The number of sulfonamides is 2. The van der Waals surface area contributed by atoms with Crippen LogP contribution in [0.3, 0.4) is 0 Å². The van der Waals surface area contributed by atoms with E-state index in [4.69, 9.17) is 14.2 Å². The van der Waals surface area contributed by atoms with E-state index in [9.17, 15) is 70.4 Å². The van der Waals surface area contributed by atoms with Crippen molar-refractivity contribution in [1.82, 2.24) is 57.4 Å². The number of pyridine rings is 4. The summed E-state index contributed by atoms with van der Waals surface area (Å²) < 4.78 is 76.6. The van der Waals surface area contributed by atoms with E-state index in [2.05, 4.69) is 30.6 Å². The largest absolute Gasteiger partial charge is 0.480 e. The number of amides is 2. The van der Waals surface area contributed by atoms with Gasteiger partial charge in [-0.05, 0) is 165 Å². The summed E-state index contributed by atoms with van der Waals surface area (Å²) in [7, 11) is -8.23. The summed E-state index contributed by atoms with van der Waals surface area (Å²) in [6.07, 6.45) is 8.28. The number of esters is 3. The van der Waals surface area contributed by atoms with Gasteiger partial charge in [-0.3, -0.25) is 43.6 Å². The summed E-state index contributed by atoms with van der Waals surface area (Å²) in [6.45, 7) is 16.2. The Balaban J connectivity index is 0.000000228. The lowest BCUT2D eigenvalue weighted by molar-refractivity contribution is -0.384. The van der Waals surface area contributed by atoms with Gasteiger partial charge < -0.3 is 30.0 Å². The number of carbonyl (C=O) groups excluding carboxylic acids is 5. The molecule has 6 aromatic heterocycles. The first-order valence-corrected chi connectivity index (χ1v) is 37.4. The van der Waals surface area contributed by atoms with E-state index in [0.29, 0.717) is 33.5 Å². The molecular weight excluding hydrogens is 1440 g/mol. The highest BCUT2D eigenvalue weighted by Gasteiger charge is 2.53. The number of carbonyl (C=O) groups is 6. The number of carboxylic acids is 1. The minimum Gasteiger partial charge on any atom is -0.480 e. The molecule has 9 aromatic rings. The van der Waals surface area contributed by atoms with E-state index in [1.165, 1.54) is 123 Å². The average molecular weight is 1510 g/mol. The van der Waals surface area contributed by atoms with Gasteiger partial charge >= 0.3 is 35.3 Å². The summed E-state index contributed by atoms with van der Waals surface area (Å²) in [4.78, 5) is 133. The highest BCUT2D eigenvalue weighted by Crippen LogP contribution is 2.44. The molecule has 2 aliphatic rings. The molecule has 2 aliphatic heterocycles. The molecule has 4 atom stereocenters. The molecule has 0 saturated carbocycles. The Morgan fingerprint density at radius 1 is 0.590 bits per heavy atom. The topological polar surface area (TPSA) is 398 Å². The molecule has 0 bridgehead atoms. The number of carboxylic acid groups (broad SMARTS) is 1. The number of imidazole rings is 2. The van der Waals surface area contributed by atoms with Gasteiger partial charge in [-0.15, -0.1) is 23.5 Å². The van der Waals surface area contributed by atoms with Crippen molar-refractivity contribution < 1.29 is 69.8 Å². The van der Waals surface area contributed by atoms with Crippen LogP contribution in [0.25, 0.3) is 33.7 Å². The number of rotatable bonds is 22. The third-order valence-corrected chi connectivity index (χ3v) is 23.2. The van der Waals surface area contributed by atoms with E-state index < -0.39 is 130 Å². The summed E-state index contributed by atoms with van der Waals surface area (Å²) >= 11 is 2.59. The number of non-ortho nitro benzene ring substituents is 1. The normalized spacial score (nSPS) is 16.7. The van der Waals surface area contributed by atoms with Gasteiger partial charge in [0.05, 0.1) is 39.1 Å². The van der Waals surface area contributed by atoms with Crippen LogP contribution in [-0.4, -0.2) is 166 Å². The monoisotopic (exact) mass is 1510 g/mol. The van der Waals surface area contributed by atoms with Crippen LogP contribution >= 0.6 is 23.5 Å². The van der Waals surface area contributed by atoms with Gasteiger partial charge in [-0.1, -0.05) is 24.3 Å². The van der Waals surface area contributed by atoms with Gasteiger partial charge in [-0.25, -0.2) is 59.9 Å². The maximum atomic E-state index is 14.1. The lowest BCUT2D eigenvalue weighted by Crippen LogP contribution is -2.57. The number of fused-ring (bicyclic) bond motifs is 2. The molecule has 35 heteroatoms. The van der Waals surface area contributed by atoms with Crippen molar-refractivity contribution in [2.75, 3.05) is 11.8 Å². The third-order valence-electron chi connectivity index (χ3n) is 16.5. The van der Waals surface area contributed by atoms with Crippen LogP contribution in [0.5, 0.6) is 5.75 Å². The van der Waals surface area contributed by atoms with Crippen molar-refractivity contribution in [3.8, 4) is 17.1 Å². The van der Waals surface area contributed by atoms with E-state index >= 15 is 0 Å². The second kappa shape index (κ2) is 30.7. The number of hydrogen-bond acceptors (Lipinski definition) is 23. The average Bonchev–Trinajstić information content (AvgIpc) is 1.69. The first-order valence-electron chi connectivity index (χ1n) is 32.5. The first kappa shape index (κ1) is 77.2. The second-order valence-electron chi connectivity index (χ2n) is 27.4. The van der Waals surface area contributed by atoms with Crippen molar-refractivity contribution in [3.63, 3.8) is 0 Å². The quantitative estimate of drug-likeness (QED) is 0.0279. The number of nitrogens with one attached hydrogen (secondary N) is 2.